The van der Waals surface area contributed by atoms with Crippen LogP contribution in [0.15, 0.2) is 34.9 Å². The molecule has 0 bridgehead atoms. The predicted octanol–water partition coefficient (Wildman–Crippen LogP) is 3.09. The second-order valence-electron chi connectivity index (χ2n) is 5.26. The predicted molar refractivity (Wildman–Crippen MR) is 83.1 cm³/mol. The maximum Gasteiger partial charge on any atom is 0.236 e. The van der Waals surface area contributed by atoms with E-state index in [4.69, 9.17) is 0 Å². The quantitative estimate of drug-likeness (QED) is 0.916. The highest BCUT2D eigenvalue weighted by Crippen LogP contribution is 2.24. The number of aryl methyl sites for hydroxylation is 1. The van der Waals surface area contributed by atoms with Gasteiger partial charge in [0.1, 0.15) is 0 Å². The Labute approximate surface area is 127 Å². The first-order valence-corrected chi connectivity index (χ1v) is 7.63. The van der Waals surface area contributed by atoms with E-state index >= 15 is 0 Å². The molecule has 0 saturated heterocycles. The lowest BCUT2D eigenvalue weighted by molar-refractivity contribution is 0.0908. The maximum absolute atomic E-state index is 12.6. The summed E-state index contributed by atoms with van der Waals surface area (Å²) in [5, 5.41) is 3.33. The Kier molecular flexibility index (Phi) is 3.76. The van der Waals surface area contributed by atoms with Crippen LogP contribution in [0.4, 0.5) is 0 Å². The van der Waals surface area contributed by atoms with Crippen LogP contribution in [-0.4, -0.2) is 17.0 Å². The monoisotopic (exact) mass is 332 g/mol. The number of nitrogens with one attached hydrogen (secondary N) is 1. The molecule has 1 aromatic heterocycles. The molecule has 3 nitrogen and oxygen atoms in total. The van der Waals surface area contributed by atoms with Crippen molar-refractivity contribution in [3.05, 3.63) is 57.3 Å². The Bertz CT molecular complexity index is 643. The lowest BCUT2D eigenvalue weighted by atomic mass is 10.1. The third kappa shape index (κ3) is 2.58. The van der Waals surface area contributed by atoms with Crippen molar-refractivity contribution in [1.82, 2.24) is 9.88 Å². The Morgan fingerprint density at radius 3 is 2.85 bits per heavy atom. The van der Waals surface area contributed by atoms with Crippen LogP contribution in [0.2, 0.25) is 0 Å². The highest BCUT2D eigenvalue weighted by Gasteiger charge is 2.20. The number of nitrogens with zero attached hydrogens (tertiary/aromatic N) is 1. The van der Waals surface area contributed by atoms with E-state index in [1.807, 2.05) is 28.8 Å². The van der Waals surface area contributed by atoms with Crippen molar-refractivity contribution in [1.29, 1.82) is 0 Å². The van der Waals surface area contributed by atoms with Crippen LogP contribution in [0.5, 0.6) is 0 Å². The molecule has 0 spiro atoms. The molecule has 0 fully saturated rings. The van der Waals surface area contributed by atoms with E-state index in [9.17, 15) is 4.79 Å². The minimum Gasteiger partial charge on any atom is -0.312 e. The van der Waals surface area contributed by atoms with Gasteiger partial charge in [0.25, 0.3) is 0 Å². The van der Waals surface area contributed by atoms with Gasteiger partial charge in [0, 0.05) is 25.2 Å². The molecule has 104 valence electrons. The molecule has 0 aliphatic carbocycles. The number of aromatic nitrogens is 1. The van der Waals surface area contributed by atoms with Crippen LogP contribution in [0.1, 0.15) is 27.2 Å². The number of hydrogen-bond donors (Lipinski definition) is 1. The summed E-state index contributed by atoms with van der Waals surface area (Å²) in [5.74, 6) is 0.129. The third-order valence-electron chi connectivity index (χ3n) is 3.73. The Morgan fingerprint density at radius 1 is 1.35 bits per heavy atom. The van der Waals surface area contributed by atoms with Gasteiger partial charge >= 0.3 is 0 Å². The van der Waals surface area contributed by atoms with Gasteiger partial charge in [-0.15, -0.1) is 0 Å². The van der Waals surface area contributed by atoms with Crippen LogP contribution in [0.3, 0.4) is 0 Å². The molecule has 3 rings (SSSR count). The van der Waals surface area contributed by atoms with E-state index in [1.54, 1.807) is 0 Å². The van der Waals surface area contributed by atoms with Crippen molar-refractivity contribution in [3.63, 3.8) is 0 Å². The van der Waals surface area contributed by atoms with Crippen LogP contribution in [-0.2, 0) is 19.4 Å². The van der Waals surface area contributed by atoms with Gasteiger partial charge in [-0.2, -0.15) is 0 Å². The smallest absolute Gasteiger partial charge is 0.236 e. The third-order valence-corrected chi connectivity index (χ3v) is 4.31. The maximum atomic E-state index is 12.6. The van der Waals surface area contributed by atoms with Crippen molar-refractivity contribution in [3.8, 4) is 0 Å². The Hall–Kier alpha value is -1.39. The second-order valence-corrected chi connectivity index (χ2v) is 6.07. The topological polar surface area (TPSA) is 34.0 Å². The zero-order valence-electron chi connectivity index (χ0n) is 11.4. The van der Waals surface area contributed by atoms with Crippen LogP contribution in [0.25, 0.3) is 0 Å². The molecule has 4 heteroatoms. The molecule has 1 aliphatic rings. The lowest BCUT2D eigenvalue weighted by Gasteiger charge is -2.16. The summed E-state index contributed by atoms with van der Waals surface area (Å²) in [6.07, 6.45) is 1.34. The highest BCUT2D eigenvalue weighted by atomic mass is 79.9. The van der Waals surface area contributed by atoms with Gasteiger partial charge in [-0.3, -0.25) is 9.36 Å². The molecule has 1 N–H and O–H groups in total. The Balaban J connectivity index is 1.87. The highest BCUT2D eigenvalue weighted by molar-refractivity contribution is 9.10. The standard InChI is InChI=1S/C16H17BrN2O/c1-11-2-4-12(5-3-11)8-16(20)19-14-6-7-18-10-13(14)9-15(19)17/h2-5,9,18H,6-8,10H2,1H3. The molecule has 1 aromatic carbocycles. The van der Waals surface area contributed by atoms with E-state index in [0.717, 1.165) is 35.4 Å². The molecule has 2 heterocycles. The first-order chi connectivity index (χ1) is 9.65. The normalized spacial score (nSPS) is 14.1. The summed E-state index contributed by atoms with van der Waals surface area (Å²) in [6, 6.07) is 10.2. The van der Waals surface area contributed by atoms with E-state index in [-0.39, 0.29) is 5.91 Å². The van der Waals surface area contributed by atoms with E-state index in [0.29, 0.717) is 6.42 Å². The summed E-state index contributed by atoms with van der Waals surface area (Å²) in [5.41, 5.74) is 4.64. The molecule has 0 radical (unpaired) electrons. The fourth-order valence-corrected chi connectivity index (χ4v) is 3.34. The number of hydrogen-bond acceptors (Lipinski definition) is 2. The zero-order chi connectivity index (χ0) is 14.1. The van der Waals surface area contributed by atoms with Gasteiger partial charge in [0.05, 0.1) is 11.0 Å². The average Bonchev–Trinajstić information content (AvgIpc) is 2.77. The summed E-state index contributed by atoms with van der Waals surface area (Å²) < 4.78 is 2.69. The minimum absolute atomic E-state index is 0.129. The molecular weight excluding hydrogens is 316 g/mol. The first-order valence-electron chi connectivity index (χ1n) is 6.83. The van der Waals surface area contributed by atoms with Gasteiger partial charge in [-0.1, -0.05) is 29.8 Å². The summed E-state index contributed by atoms with van der Waals surface area (Å²) in [4.78, 5) is 12.6. The van der Waals surface area contributed by atoms with Gasteiger partial charge in [-0.05, 0) is 40.0 Å². The number of carbonyl (C=O) groups is 1. The number of rotatable bonds is 2. The van der Waals surface area contributed by atoms with Crippen molar-refractivity contribution < 1.29 is 4.79 Å². The van der Waals surface area contributed by atoms with Crippen molar-refractivity contribution in [2.45, 2.75) is 26.3 Å². The van der Waals surface area contributed by atoms with Gasteiger partial charge in [0.2, 0.25) is 5.91 Å². The van der Waals surface area contributed by atoms with Crippen molar-refractivity contribution >= 4 is 21.8 Å². The van der Waals surface area contributed by atoms with Crippen molar-refractivity contribution in [2.75, 3.05) is 6.54 Å². The number of carbonyl (C=O) groups excluding carboxylic acids is 1. The molecule has 2 aromatic rings. The molecule has 0 atom stereocenters. The zero-order valence-corrected chi connectivity index (χ0v) is 13.0. The molecule has 1 aliphatic heterocycles. The number of benzene rings is 1. The van der Waals surface area contributed by atoms with Crippen LogP contribution in [0, 0.1) is 6.92 Å². The molecule has 0 saturated carbocycles. The molecule has 0 amide bonds. The minimum atomic E-state index is 0.129. The van der Waals surface area contributed by atoms with Gasteiger partial charge < -0.3 is 5.32 Å². The lowest BCUT2D eigenvalue weighted by Crippen LogP contribution is -2.26. The second kappa shape index (κ2) is 5.54. The number of halogens is 1. The molecule has 20 heavy (non-hydrogen) atoms. The summed E-state index contributed by atoms with van der Waals surface area (Å²) in [6.45, 7) is 3.83. The Morgan fingerprint density at radius 2 is 2.10 bits per heavy atom. The van der Waals surface area contributed by atoms with E-state index in [1.165, 1.54) is 11.1 Å². The first kappa shape index (κ1) is 13.6. The van der Waals surface area contributed by atoms with Gasteiger partial charge in [-0.25, -0.2) is 0 Å². The van der Waals surface area contributed by atoms with Crippen LogP contribution < -0.4 is 5.32 Å². The number of fused-ring (bicyclic) bond motifs is 1. The van der Waals surface area contributed by atoms with E-state index in [2.05, 4.69) is 34.2 Å². The van der Waals surface area contributed by atoms with Crippen molar-refractivity contribution in [2.24, 2.45) is 0 Å². The fourth-order valence-electron chi connectivity index (χ4n) is 2.65. The largest absolute Gasteiger partial charge is 0.312 e. The SMILES string of the molecule is Cc1ccc(CC(=O)n2c(Br)cc3c2CCNC3)cc1. The van der Waals surface area contributed by atoms with E-state index < -0.39 is 0 Å². The molecular formula is C16H17BrN2O. The fraction of sp³-hybridized carbons (Fsp3) is 0.312. The van der Waals surface area contributed by atoms with Crippen LogP contribution >= 0.6 is 15.9 Å². The van der Waals surface area contributed by atoms with Gasteiger partial charge in [0.15, 0.2) is 0 Å². The summed E-state index contributed by atoms with van der Waals surface area (Å²) in [7, 11) is 0. The average molecular weight is 333 g/mol. The summed E-state index contributed by atoms with van der Waals surface area (Å²) >= 11 is 3.52. The molecule has 0 unspecified atom stereocenters.